The molecule has 336 valence electrons. The number of carbonyl (C=O) groups excluding carboxylic acids is 3. The minimum atomic E-state index is -0.794. The van der Waals surface area contributed by atoms with Gasteiger partial charge in [-0.1, -0.05) is 183 Å². The fraction of sp³-hybridized carbons (Fsp3) is 0.679. The second-order valence-electron chi connectivity index (χ2n) is 15.6. The Morgan fingerprint density at radius 1 is 0.356 bits per heavy atom. The van der Waals surface area contributed by atoms with Crippen molar-refractivity contribution in [3.63, 3.8) is 0 Å². The molecule has 0 aliphatic carbocycles. The van der Waals surface area contributed by atoms with Gasteiger partial charge in [-0.05, 0) is 96.3 Å². The number of unbranched alkanes of at least 4 members (excludes halogenated alkanes) is 17. The highest BCUT2D eigenvalue weighted by Crippen LogP contribution is 2.13. The van der Waals surface area contributed by atoms with Gasteiger partial charge in [0.15, 0.2) is 6.10 Å². The number of carbonyl (C=O) groups is 3. The summed E-state index contributed by atoms with van der Waals surface area (Å²) in [6, 6.07) is 0. The zero-order valence-electron chi connectivity index (χ0n) is 38.2. The maximum Gasteiger partial charge on any atom is 0.306 e. The predicted octanol–water partition coefficient (Wildman–Crippen LogP) is 15.6. The second kappa shape index (κ2) is 47.3. The third kappa shape index (κ3) is 45.5. The summed E-state index contributed by atoms with van der Waals surface area (Å²) in [5, 5.41) is 0. The van der Waals surface area contributed by atoms with Crippen LogP contribution in [-0.2, 0) is 28.6 Å². The lowest BCUT2D eigenvalue weighted by Crippen LogP contribution is -2.30. The number of hydrogen-bond acceptors (Lipinski definition) is 6. The Labute approximate surface area is 363 Å². The summed E-state index contributed by atoms with van der Waals surface area (Å²) in [6.07, 6.45) is 60.0. The van der Waals surface area contributed by atoms with Gasteiger partial charge in [-0.25, -0.2) is 0 Å². The molecule has 6 nitrogen and oxygen atoms in total. The van der Waals surface area contributed by atoms with Crippen LogP contribution in [0.1, 0.15) is 213 Å². The number of rotatable bonds is 42. The maximum atomic E-state index is 12.7. The molecule has 6 heteroatoms. The zero-order valence-corrected chi connectivity index (χ0v) is 38.2. The van der Waals surface area contributed by atoms with Gasteiger partial charge in [-0.3, -0.25) is 14.4 Å². The number of ether oxygens (including phenoxy) is 3. The Morgan fingerprint density at radius 3 is 1.12 bits per heavy atom. The summed E-state index contributed by atoms with van der Waals surface area (Å²) in [6.45, 7) is 6.41. The Morgan fingerprint density at radius 2 is 0.661 bits per heavy atom. The number of allylic oxidation sites excluding steroid dienone is 14. The molecule has 0 aromatic heterocycles. The zero-order chi connectivity index (χ0) is 43.0. The lowest BCUT2D eigenvalue weighted by atomic mass is 10.1. The molecule has 0 bridgehead atoms. The van der Waals surface area contributed by atoms with Crippen molar-refractivity contribution in [2.45, 2.75) is 219 Å². The van der Waals surface area contributed by atoms with E-state index < -0.39 is 6.10 Å². The van der Waals surface area contributed by atoms with Crippen LogP contribution in [0.4, 0.5) is 0 Å². The fourth-order valence-electron chi connectivity index (χ4n) is 6.26. The standard InChI is InChI=1S/C53H88O6/c1-4-7-10-13-16-19-21-23-24-25-26-27-28-29-30-31-33-34-37-40-43-46-52(55)58-49-50(48-57-51(54)45-42-39-36-18-15-12-9-6-3)59-53(56)47-44-41-38-35-32-22-20-17-14-11-8-5-2/h7,10,16-17,19-20,23-24,26-27,29-30,33-34,50H,4-6,8-9,11-15,18,21-22,25,28,31-32,35-49H2,1-3H3/b10-7-,19-16-,20-17-,24-23-,27-26-,30-29-,34-33-. The highest BCUT2D eigenvalue weighted by Gasteiger charge is 2.19. The van der Waals surface area contributed by atoms with Crippen LogP contribution in [0, 0.1) is 0 Å². The molecule has 0 N–H and O–H groups in total. The monoisotopic (exact) mass is 821 g/mol. The van der Waals surface area contributed by atoms with Crippen LogP contribution in [0.3, 0.4) is 0 Å². The van der Waals surface area contributed by atoms with Gasteiger partial charge < -0.3 is 14.2 Å². The van der Waals surface area contributed by atoms with Crippen LogP contribution in [0.25, 0.3) is 0 Å². The predicted molar refractivity (Wildman–Crippen MR) is 251 cm³/mol. The van der Waals surface area contributed by atoms with Gasteiger partial charge in [0.2, 0.25) is 0 Å². The second-order valence-corrected chi connectivity index (χ2v) is 15.6. The van der Waals surface area contributed by atoms with Crippen molar-refractivity contribution in [3.05, 3.63) is 85.1 Å². The van der Waals surface area contributed by atoms with Gasteiger partial charge in [0.25, 0.3) is 0 Å². The van der Waals surface area contributed by atoms with Gasteiger partial charge in [0.05, 0.1) is 0 Å². The van der Waals surface area contributed by atoms with Gasteiger partial charge >= 0.3 is 17.9 Å². The van der Waals surface area contributed by atoms with Crippen molar-refractivity contribution in [1.82, 2.24) is 0 Å². The highest BCUT2D eigenvalue weighted by atomic mass is 16.6. The molecule has 1 unspecified atom stereocenters. The fourth-order valence-corrected chi connectivity index (χ4v) is 6.26. The summed E-state index contributed by atoms with van der Waals surface area (Å²) in [5.74, 6) is -0.958. The Kier molecular flexibility index (Phi) is 44.5. The van der Waals surface area contributed by atoms with E-state index in [1.807, 2.05) is 0 Å². The summed E-state index contributed by atoms with van der Waals surface area (Å²) in [7, 11) is 0. The van der Waals surface area contributed by atoms with E-state index in [-0.39, 0.29) is 31.1 Å². The molecule has 0 aliphatic heterocycles. The molecule has 0 amide bonds. The minimum absolute atomic E-state index is 0.0937. The van der Waals surface area contributed by atoms with E-state index in [0.29, 0.717) is 19.3 Å². The van der Waals surface area contributed by atoms with Crippen LogP contribution in [0.2, 0.25) is 0 Å². The summed E-state index contributed by atoms with van der Waals surface area (Å²) in [4.78, 5) is 37.7. The Balaban J connectivity index is 4.39. The minimum Gasteiger partial charge on any atom is -0.462 e. The van der Waals surface area contributed by atoms with Crippen molar-refractivity contribution in [3.8, 4) is 0 Å². The van der Waals surface area contributed by atoms with Gasteiger partial charge in [-0.15, -0.1) is 0 Å². The Bertz CT molecular complexity index is 1170. The molecule has 0 radical (unpaired) electrons. The third-order valence-electron chi connectivity index (χ3n) is 9.88. The van der Waals surface area contributed by atoms with Gasteiger partial charge in [-0.2, -0.15) is 0 Å². The molecule has 1 atom stereocenters. The first-order valence-corrected chi connectivity index (χ1v) is 24.1. The number of hydrogen-bond donors (Lipinski definition) is 0. The molecule has 0 heterocycles. The van der Waals surface area contributed by atoms with Crippen LogP contribution < -0.4 is 0 Å². The van der Waals surface area contributed by atoms with Crippen LogP contribution >= 0.6 is 0 Å². The lowest BCUT2D eigenvalue weighted by molar-refractivity contribution is -0.167. The van der Waals surface area contributed by atoms with Gasteiger partial charge in [0, 0.05) is 19.3 Å². The topological polar surface area (TPSA) is 78.9 Å². The lowest BCUT2D eigenvalue weighted by Gasteiger charge is -2.18. The molecule has 59 heavy (non-hydrogen) atoms. The molecule has 0 spiro atoms. The molecular formula is C53H88O6. The van der Waals surface area contributed by atoms with E-state index >= 15 is 0 Å². The summed E-state index contributed by atoms with van der Waals surface area (Å²) in [5.41, 5.74) is 0. The molecule has 0 fully saturated rings. The van der Waals surface area contributed by atoms with Crippen LogP contribution in [0.5, 0.6) is 0 Å². The number of esters is 3. The van der Waals surface area contributed by atoms with Crippen LogP contribution in [-0.4, -0.2) is 37.2 Å². The first kappa shape index (κ1) is 55.6. The molecule has 0 saturated heterocycles. The average Bonchev–Trinajstić information content (AvgIpc) is 3.23. The normalized spacial score (nSPS) is 12.8. The molecule has 0 aliphatic rings. The van der Waals surface area contributed by atoms with Crippen molar-refractivity contribution >= 4 is 17.9 Å². The quantitative estimate of drug-likeness (QED) is 0.0264. The molecule has 0 aromatic carbocycles. The van der Waals surface area contributed by atoms with Gasteiger partial charge in [0.1, 0.15) is 13.2 Å². The van der Waals surface area contributed by atoms with E-state index in [1.165, 1.54) is 64.2 Å². The van der Waals surface area contributed by atoms with Crippen molar-refractivity contribution in [2.24, 2.45) is 0 Å². The average molecular weight is 821 g/mol. The largest absolute Gasteiger partial charge is 0.462 e. The van der Waals surface area contributed by atoms with E-state index in [0.717, 1.165) is 109 Å². The molecule has 0 aromatic rings. The molecule has 0 saturated carbocycles. The molecule has 0 rings (SSSR count). The molecular weight excluding hydrogens is 733 g/mol. The van der Waals surface area contributed by atoms with E-state index in [9.17, 15) is 14.4 Å². The van der Waals surface area contributed by atoms with Crippen LogP contribution in [0.15, 0.2) is 85.1 Å². The maximum absolute atomic E-state index is 12.7. The van der Waals surface area contributed by atoms with E-state index in [2.05, 4.69) is 106 Å². The first-order chi connectivity index (χ1) is 29.0. The van der Waals surface area contributed by atoms with Crippen molar-refractivity contribution in [1.29, 1.82) is 0 Å². The van der Waals surface area contributed by atoms with Crippen molar-refractivity contribution < 1.29 is 28.6 Å². The van der Waals surface area contributed by atoms with E-state index in [1.54, 1.807) is 0 Å². The summed E-state index contributed by atoms with van der Waals surface area (Å²) >= 11 is 0. The SMILES string of the molecule is CC/C=C\C/C=C\C/C=C\C/C=C\C/C=C\C/C=C\CCCCC(=O)OCC(COC(=O)CCCCCCCCCC)OC(=O)CCCCCCC/C=C\CCCCC. The highest BCUT2D eigenvalue weighted by molar-refractivity contribution is 5.71. The smallest absolute Gasteiger partial charge is 0.306 e. The summed E-state index contributed by atoms with van der Waals surface area (Å²) < 4.78 is 16.6. The van der Waals surface area contributed by atoms with Crippen molar-refractivity contribution in [2.75, 3.05) is 13.2 Å². The van der Waals surface area contributed by atoms with E-state index in [4.69, 9.17) is 14.2 Å². The first-order valence-electron chi connectivity index (χ1n) is 24.1. The Hall–Kier alpha value is -3.41. The third-order valence-corrected chi connectivity index (χ3v) is 9.88.